The second-order valence-corrected chi connectivity index (χ2v) is 5.79. The van der Waals surface area contributed by atoms with E-state index in [1.54, 1.807) is 17.8 Å². The van der Waals surface area contributed by atoms with Crippen LogP contribution in [0.4, 0.5) is 0 Å². The normalized spacial score (nSPS) is 10.7. The molecule has 0 fully saturated rings. The third-order valence-electron chi connectivity index (χ3n) is 1.84. The highest BCUT2D eigenvalue weighted by atomic mass is 35.5. The van der Waals surface area contributed by atoms with Crippen molar-refractivity contribution in [2.45, 2.75) is 5.16 Å². The van der Waals surface area contributed by atoms with E-state index in [1.165, 1.54) is 11.3 Å². The minimum absolute atomic E-state index is 0.0306. The highest BCUT2D eigenvalue weighted by Gasteiger charge is 2.12. The topological polar surface area (TPSA) is 68.0 Å². The molecule has 1 N–H and O–H groups in total. The maximum Gasteiger partial charge on any atom is 0.313 e. The Hall–Kier alpha value is -1.05. The molecular weight excluding hydrogens is 282 g/mol. The molecule has 8 heteroatoms. The first-order valence-electron chi connectivity index (χ1n) is 4.57. The van der Waals surface area contributed by atoms with Crippen LogP contribution in [0.1, 0.15) is 0 Å². The molecule has 2 rings (SSSR count). The Morgan fingerprint density at radius 1 is 1.65 bits per heavy atom. The lowest BCUT2D eigenvalue weighted by atomic mass is 10.4. The SMILES string of the molecule is Cn1nc(-c2ccc(Cl)s2)nc1SCC(=O)O. The predicted octanol–water partition coefficient (Wildman–Crippen LogP) is 2.37. The number of carboxylic acid groups (broad SMARTS) is 1. The van der Waals surface area contributed by atoms with E-state index in [1.807, 2.05) is 6.07 Å². The van der Waals surface area contributed by atoms with Crippen LogP contribution in [0.15, 0.2) is 17.3 Å². The molecule has 5 nitrogen and oxygen atoms in total. The van der Waals surface area contributed by atoms with Crippen LogP contribution in [0.3, 0.4) is 0 Å². The van der Waals surface area contributed by atoms with Crippen LogP contribution in [-0.4, -0.2) is 31.6 Å². The van der Waals surface area contributed by atoms with Gasteiger partial charge in [0.2, 0.25) is 0 Å². The average molecular weight is 290 g/mol. The molecule has 0 spiro atoms. The number of aliphatic carboxylic acids is 1. The molecule has 2 aromatic heterocycles. The van der Waals surface area contributed by atoms with Gasteiger partial charge in [-0.2, -0.15) is 0 Å². The molecule has 0 saturated heterocycles. The summed E-state index contributed by atoms with van der Waals surface area (Å²) < 4.78 is 2.24. The number of rotatable bonds is 4. The highest BCUT2D eigenvalue weighted by Crippen LogP contribution is 2.30. The van der Waals surface area contributed by atoms with E-state index < -0.39 is 5.97 Å². The summed E-state index contributed by atoms with van der Waals surface area (Å²) in [6.07, 6.45) is 0. The van der Waals surface area contributed by atoms with E-state index in [2.05, 4.69) is 10.1 Å². The van der Waals surface area contributed by atoms with Gasteiger partial charge < -0.3 is 5.11 Å². The molecule has 0 atom stereocenters. The largest absolute Gasteiger partial charge is 0.481 e. The fourth-order valence-electron chi connectivity index (χ4n) is 1.16. The van der Waals surface area contributed by atoms with Crippen LogP contribution in [0.25, 0.3) is 10.7 Å². The summed E-state index contributed by atoms with van der Waals surface area (Å²) >= 11 is 8.36. The zero-order chi connectivity index (χ0) is 12.4. The van der Waals surface area contributed by atoms with Crippen molar-refractivity contribution in [2.24, 2.45) is 7.05 Å². The molecule has 0 aliphatic carbocycles. The Morgan fingerprint density at radius 2 is 2.41 bits per heavy atom. The van der Waals surface area contributed by atoms with Gasteiger partial charge in [0.15, 0.2) is 11.0 Å². The van der Waals surface area contributed by atoms with Crippen LogP contribution in [-0.2, 0) is 11.8 Å². The van der Waals surface area contributed by atoms with Crippen molar-refractivity contribution in [3.63, 3.8) is 0 Å². The van der Waals surface area contributed by atoms with Gasteiger partial charge in [0.1, 0.15) is 0 Å². The summed E-state index contributed by atoms with van der Waals surface area (Å²) in [6, 6.07) is 3.62. The molecule has 17 heavy (non-hydrogen) atoms. The molecule has 0 aliphatic rings. The molecule has 0 unspecified atom stereocenters. The molecule has 0 bridgehead atoms. The van der Waals surface area contributed by atoms with Crippen molar-refractivity contribution in [2.75, 3.05) is 5.75 Å². The first-order valence-corrected chi connectivity index (χ1v) is 6.75. The molecule has 2 heterocycles. The van der Waals surface area contributed by atoms with Crippen LogP contribution >= 0.6 is 34.7 Å². The van der Waals surface area contributed by atoms with E-state index in [-0.39, 0.29) is 5.75 Å². The number of carboxylic acids is 1. The predicted molar refractivity (Wildman–Crippen MR) is 67.7 cm³/mol. The lowest BCUT2D eigenvalue weighted by Gasteiger charge is -1.94. The van der Waals surface area contributed by atoms with Gasteiger partial charge in [-0.15, -0.1) is 16.4 Å². The quantitative estimate of drug-likeness (QED) is 0.875. The van der Waals surface area contributed by atoms with Gasteiger partial charge in [-0.05, 0) is 12.1 Å². The van der Waals surface area contributed by atoms with Crippen molar-refractivity contribution >= 4 is 40.7 Å². The highest BCUT2D eigenvalue weighted by molar-refractivity contribution is 7.99. The third kappa shape index (κ3) is 2.99. The van der Waals surface area contributed by atoms with E-state index in [4.69, 9.17) is 16.7 Å². The van der Waals surface area contributed by atoms with E-state index in [0.717, 1.165) is 16.6 Å². The van der Waals surface area contributed by atoms with Gasteiger partial charge in [-0.3, -0.25) is 4.79 Å². The van der Waals surface area contributed by atoms with Crippen LogP contribution in [0.2, 0.25) is 4.34 Å². The molecule has 90 valence electrons. The molecule has 2 aromatic rings. The van der Waals surface area contributed by atoms with E-state index in [0.29, 0.717) is 15.3 Å². The van der Waals surface area contributed by atoms with Crippen LogP contribution in [0, 0.1) is 0 Å². The molecule has 0 saturated carbocycles. The first-order chi connectivity index (χ1) is 8.06. The molecule has 0 aliphatic heterocycles. The maximum absolute atomic E-state index is 10.5. The Kier molecular flexibility index (Phi) is 3.70. The van der Waals surface area contributed by atoms with Gasteiger partial charge in [-0.25, -0.2) is 9.67 Å². The number of hydrogen-bond acceptors (Lipinski definition) is 5. The third-order valence-corrected chi connectivity index (χ3v) is 4.07. The smallest absolute Gasteiger partial charge is 0.313 e. The van der Waals surface area contributed by atoms with Gasteiger partial charge in [-0.1, -0.05) is 23.4 Å². The van der Waals surface area contributed by atoms with Gasteiger partial charge in [0, 0.05) is 7.05 Å². The zero-order valence-electron chi connectivity index (χ0n) is 8.75. The minimum Gasteiger partial charge on any atom is -0.481 e. The summed E-state index contributed by atoms with van der Waals surface area (Å²) in [5.74, 6) is -0.340. The summed E-state index contributed by atoms with van der Waals surface area (Å²) in [5, 5.41) is 13.4. The number of nitrogens with zero attached hydrogens (tertiary/aromatic N) is 3. The van der Waals surface area contributed by atoms with Crippen LogP contribution in [0.5, 0.6) is 0 Å². The Balaban J connectivity index is 2.21. The Morgan fingerprint density at radius 3 is 3.00 bits per heavy atom. The van der Waals surface area contributed by atoms with E-state index >= 15 is 0 Å². The molecular formula is C9H8ClN3O2S2. The number of halogens is 1. The molecule has 0 radical (unpaired) electrons. The fraction of sp³-hybridized carbons (Fsp3) is 0.222. The summed E-state index contributed by atoms with van der Waals surface area (Å²) in [7, 11) is 1.73. The van der Waals surface area contributed by atoms with Crippen molar-refractivity contribution in [1.82, 2.24) is 14.8 Å². The van der Waals surface area contributed by atoms with Crippen molar-refractivity contribution < 1.29 is 9.90 Å². The lowest BCUT2D eigenvalue weighted by Crippen LogP contribution is -2.00. The number of aryl methyl sites for hydroxylation is 1. The maximum atomic E-state index is 10.5. The van der Waals surface area contributed by atoms with Gasteiger partial charge in [0.05, 0.1) is 15.0 Å². The molecule has 0 aromatic carbocycles. The standard InChI is InChI=1S/C9H8ClN3O2S2/c1-13-9(16-4-7(14)15)11-8(12-13)5-2-3-6(10)17-5/h2-3H,4H2,1H3,(H,14,15). The monoisotopic (exact) mass is 289 g/mol. The number of thioether (sulfide) groups is 1. The summed E-state index contributed by atoms with van der Waals surface area (Å²) in [4.78, 5) is 15.6. The number of hydrogen-bond donors (Lipinski definition) is 1. The summed E-state index contributed by atoms with van der Waals surface area (Å²) in [6.45, 7) is 0. The van der Waals surface area contributed by atoms with Crippen molar-refractivity contribution in [3.05, 3.63) is 16.5 Å². The average Bonchev–Trinajstić information content (AvgIpc) is 2.82. The number of carbonyl (C=O) groups is 1. The second-order valence-electron chi connectivity index (χ2n) is 3.13. The first kappa shape index (κ1) is 12.4. The summed E-state index contributed by atoms with van der Waals surface area (Å²) in [5.41, 5.74) is 0. The number of aromatic nitrogens is 3. The Labute approximate surface area is 110 Å². The minimum atomic E-state index is -0.876. The Bertz CT molecular complexity index is 552. The zero-order valence-corrected chi connectivity index (χ0v) is 11.1. The second kappa shape index (κ2) is 5.07. The van der Waals surface area contributed by atoms with Crippen molar-refractivity contribution in [3.8, 4) is 10.7 Å². The van der Waals surface area contributed by atoms with Gasteiger partial charge >= 0.3 is 5.97 Å². The van der Waals surface area contributed by atoms with Gasteiger partial charge in [0.25, 0.3) is 0 Å². The van der Waals surface area contributed by atoms with Crippen LogP contribution < -0.4 is 0 Å². The fourth-order valence-corrected chi connectivity index (χ4v) is 2.76. The number of thiophene rings is 1. The lowest BCUT2D eigenvalue weighted by molar-refractivity contribution is -0.133. The van der Waals surface area contributed by atoms with Crippen molar-refractivity contribution in [1.29, 1.82) is 0 Å². The molecule has 0 amide bonds. The van der Waals surface area contributed by atoms with E-state index in [9.17, 15) is 4.79 Å².